The van der Waals surface area contributed by atoms with E-state index >= 15 is 0 Å². The second kappa shape index (κ2) is 10.1. The van der Waals surface area contributed by atoms with E-state index in [1.807, 2.05) is 37.3 Å². The van der Waals surface area contributed by atoms with E-state index < -0.39 is 12.1 Å². The van der Waals surface area contributed by atoms with E-state index in [1.54, 1.807) is 24.3 Å². The van der Waals surface area contributed by atoms with E-state index in [2.05, 4.69) is 10.6 Å². The highest BCUT2D eigenvalue weighted by atomic mass is 32.2. The van der Waals surface area contributed by atoms with Crippen LogP contribution in [-0.2, 0) is 19.1 Å². The Hall–Kier alpha value is -2.80. The third kappa shape index (κ3) is 6.94. The van der Waals surface area contributed by atoms with E-state index in [1.165, 1.54) is 0 Å². The number of nitrogens with one attached hydrogen (secondary N) is 2. The van der Waals surface area contributed by atoms with Crippen molar-refractivity contribution in [3.8, 4) is 0 Å². The highest BCUT2D eigenvalue weighted by Gasteiger charge is 2.30. The molecule has 152 valence electrons. The number of benzene rings is 2. The number of thioether (sulfide) groups is 1. The monoisotopic (exact) mass is 412 g/mol. The van der Waals surface area contributed by atoms with Crippen LogP contribution in [0.5, 0.6) is 0 Å². The Bertz CT molecular complexity index is 868. The average molecular weight is 413 g/mol. The Morgan fingerprint density at radius 2 is 1.83 bits per heavy atom. The summed E-state index contributed by atoms with van der Waals surface area (Å²) in [7, 11) is 0. The lowest BCUT2D eigenvalue weighted by Gasteiger charge is -2.18. The number of esters is 1. The molecular formula is C22H24N2O4S. The number of hydrogen-bond acceptors (Lipinski definition) is 5. The van der Waals surface area contributed by atoms with Gasteiger partial charge in [-0.25, -0.2) is 0 Å². The minimum Gasteiger partial charge on any atom is -0.447 e. The molecule has 0 spiro atoms. The first-order valence-corrected chi connectivity index (χ1v) is 10.7. The molecule has 6 nitrogen and oxygen atoms in total. The highest BCUT2D eigenvalue weighted by molar-refractivity contribution is 8.00. The molecule has 2 aromatic carbocycles. The van der Waals surface area contributed by atoms with Gasteiger partial charge in [-0.1, -0.05) is 42.5 Å². The molecule has 1 saturated carbocycles. The summed E-state index contributed by atoms with van der Waals surface area (Å²) in [5, 5.41) is 5.67. The van der Waals surface area contributed by atoms with Crippen LogP contribution in [0.3, 0.4) is 0 Å². The molecule has 7 heteroatoms. The Morgan fingerprint density at radius 3 is 2.52 bits per heavy atom. The van der Waals surface area contributed by atoms with Crippen molar-refractivity contribution in [1.29, 1.82) is 0 Å². The van der Waals surface area contributed by atoms with E-state index in [-0.39, 0.29) is 29.4 Å². The molecule has 2 amide bonds. The van der Waals surface area contributed by atoms with Gasteiger partial charge in [0.15, 0.2) is 0 Å². The van der Waals surface area contributed by atoms with Crippen LogP contribution in [0.1, 0.15) is 30.1 Å². The molecule has 0 aromatic heterocycles. The molecule has 2 N–H and O–H groups in total. The van der Waals surface area contributed by atoms with Gasteiger partial charge >= 0.3 is 5.97 Å². The number of carbonyl (C=O) groups is 3. The fourth-order valence-corrected chi connectivity index (χ4v) is 3.31. The SMILES string of the molecule is Cc1cccc(NC(=O)CSCC(=O)O[C@H](C(=O)NC2CC2)c2ccccc2)c1. The van der Waals surface area contributed by atoms with Crippen LogP contribution in [0.4, 0.5) is 5.69 Å². The molecule has 0 aliphatic heterocycles. The van der Waals surface area contributed by atoms with Crippen molar-refractivity contribution in [2.45, 2.75) is 31.9 Å². The zero-order chi connectivity index (χ0) is 20.6. The molecule has 2 aromatic rings. The third-order valence-corrected chi connectivity index (χ3v) is 5.17. The standard InChI is InChI=1S/C22H24N2O4S/c1-15-6-5-9-18(12-15)23-19(25)13-29-14-20(26)28-21(16-7-3-2-4-8-16)22(27)24-17-10-11-17/h2-9,12,17,21H,10-11,13-14H2,1H3,(H,23,25)(H,24,27)/t21-/m0/s1. The van der Waals surface area contributed by atoms with Gasteiger partial charge in [0, 0.05) is 17.3 Å². The maximum Gasteiger partial charge on any atom is 0.317 e. The number of carbonyl (C=O) groups excluding carboxylic acids is 3. The van der Waals surface area contributed by atoms with Crippen molar-refractivity contribution >= 4 is 35.2 Å². The van der Waals surface area contributed by atoms with Crippen molar-refractivity contribution in [3.05, 3.63) is 65.7 Å². The predicted octanol–water partition coefficient (Wildman–Crippen LogP) is 3.23. The van der Waals surface area contributed by atoms with Crippen LogP contribution in [0, 0.1) is 6.92 Å². The van der Waals surface area contributed by atoms with Gasteiger partial charge in [-0.05, 0) is 37.5 Å². The van der Waals surface area contributed by atoms with Gasteiger partial charge in [0.25, 0.3) is 5.91 Å². The van der Waals surface area contributed by atoms with Crippen LogP contribution < -0.4 is 10.6 Å². The minimum absolute atomic E-state index is 0.0126. The normalized spacial score (nSPS) is 14.0. The average Bonchev–Trinajstić information content (AvgIpc) is 3.50. The second-order valence-corrected chi connectivity index (χ2v) is 7.96. The quantitative estimate of drug-likeness (QED) is 0.618. The summed E-state index contributed by atoms with van der Waals surface area (Å²) in [6.07, 6.45) is 0.922. The van der Waals surface area contributed by atoms with Gasteiger partial charge in [-0.3, -0.25) is 14.4 Å². The largest absolute Gasteiger partial charge is 0.447 e. The second-order valence-electron chi connectivity index (χ2n) is 6.97. The summed E-state index contributed by atoms with van der Waals surface area (Å²) in [6, 6.07) is 16.6. The molecule has 1 aliphatic carbocycles. The number of aryl methyl sites for hydroxylation is 1. The van der Waals surface area contributed by atoms with Crippen molar-refractivity contribution in [3.63, 3.8) is 0 Å². The first-order valence-electron chi connectivity index (χ1n) is 9.50. The van der Waals surface area contributed by atoms with Crippen molar-refractivity contribution in [1.82, 2.24) is 5.32 Å². The van der Waals surface area contributed by atoms with E-state index in [9.17, 15) is 14.4 Å². The summed E-state index contributed by atoms with van der Waals surface area (Å²) < 4.78 is 5.44. The summed E-state index contributed by atoms with van der Waals surface area (Å²) in [5.41, 5.74) is 2.40. The zero-order valence-electron chi connectivity index (χ0n) is 16.2. The molecule has 1 atom stereocenters. The van der Waals surface area contributed by atoms with Gasteiger partial charge in [-0.2, -0.15) is 0 Å². The van der Waals surface area contributed by atoms with Crippen LogP contribution in [0.15, 0.2) is 54.6 Å². The van der Waals surface area contributed by atoms with E-state index in [0.29, 0.717) is 5.56 Å². The maximum atomic E-state index is 12.5. The molecule has 0 heterocycles. The third-order valence-electron chi connectivity index (χ3n) is 4.27. The lowest BCUT2D eigenvalue weighted by molar-refractivity contribution is -0.154. The summed E-state index contributed by atoms with van der Waals surface area (Å²) in [4.78, 5) is 36.8. The number of hydrogen-bond donors (Lipinski definition) is 2. The Balaban J connectivity index is 1.48. The first kappa shape index (κ1) is 20.9. The fourth-order valence-electron chi connectivity index (χ4n) is 2.72. The molecule has 0 unspecified atom stereocenters. The first-order chi connectivity index (χ1) is 14.0. The summed E-state index contributed by atoms with van der Waals surface area (Å²) in [6.45, 7) is 1.95. The van der Waals surface area contributed by atoms with Crippen LogP contribution >= 0.6 is 11.8 Å². The van der Waals surface area contributed by atoms with Gasteiger partial charge in [0.05, 0.1) is 11.5 Å². The lowest BCUT2D eigenvalue weighted by atomic mass is 10.1. The van der Waals surface area contributed by atoms with Crippen LogP contribution in [0.25, 0.3) is 0 Å². The molecular weight excluding hydrogens is 388 g/mol. The number of amides is 2. The minimum atomic E-state index is -0.981. The molecule has 0 saturated heterocycles. The highest BCUT2D eigenvalue weighted by Crippen LogP contribution is 2.23. The topological polar surface area (TPSA) is 84.5 Å². The molecule has 0 bridgehead atoms. The van der Waals surface area contributed by atoms with E-state index in [0.717, 1.165) is 35.9 Å². The molecule has 1 aliphatic rings. The zero-order valence-corrected chi connectivity index (χ0v) is 17.0. The number of ether oxygens (including phenoxy) is 1. The van der Waals surface area contributed by atoms with Crippen molar-refractivity contribution in [2.75, 3.05) is 16.8 Å². The number of anilines is 1. The predicted molar refractivity (Wildman–Crippen MR) is 114 cm³/mol. The van der Waals surface area contributed by atoms with Gasteiger partial charge in [-0.15, -0.1) is 11.8 Å². The summed E-state index contributed by atoms with van der Waals surface area (Å²) >= 11 is 1.15. The summed E-state index contributed by atoms with van der Waals surface area (Å²) in [5.74, 6) is -0.930. The smallest absolute Gasteiger partial charge is 0.317 e. The van der Waals surface area contributed by atoms with Crippen molar-refractivity contribution in [2.24, 2.45) is 0 Å². The molecule has 29 heavy (non-hydrogen) atoms. The lowest BCUT2D eigenvalue weighted by Crippen LogP contribution is -2.34. The van der Waals surface area contributed by atoms with E-state index in [4.69, 9.17) is 4.74 Å². The molecule has 1 fully saturated rings. The maximum absolute atomic E-state index is 12.5. The molecule has 3 rings (SSSR count). The van der Waals surface area contributed by atoms with Crippen molar-refractivity contribution < 1.29 is 19.1 Å². The van der Waals surface area contributed by atoms with Gasteiger partial charge in [0.1, 0.15) is 0 Å². The van der Waals surface area contributed by atoms with Gasteiger partial charge in [0.2, 0.25) is 12.0 Å². The Morgan fingerprint density at radius 1 is 1.07 bits per heavy atom. The van der Waals surface area contributed by atoms with Crippen LogP contribution in [0.2, 0.25) is 0 Å². The molecule has 0 radical (unpaired) electrons. The van der Waals surface area contributed by atoms with Gasteiger partial charge < -0.3 is 15.4 Å². The fraction of sp³-hybridized carbons (Fsp3) is 0.318. The Kier molecular flexibility index (Phi) is 7.30. The van der Waals surface area contributed by atoms with Crippen LogP contribution in [-0.4, -0.2) is 35.3 Å². The Labute approximate surface area is 174 Å². The number of rotatable bonds is 9.